The molecular weight excluding hydrogens is 282 g/mol. The monoisotopic (exact) mass is 315 g/mol. The van der Waals surface area contributed by atoms with Crippen LogP contribution in [-0.2, 0) is 6.42 Å². The summed E-state index contributed by atoms with van der Waals surface area (Å²) >= 11 is 0. The normalized spacial score (nSPS) is 13.0. The van der Waals surface area contributed by atoms with Gasteiger partial charge >= 0.3 is 0 Å². The summed E-state index contributed by atoms with van der Waals surface area (Å²) in [6, 6.07) is 8.96. The number of aryl methyl sites for hydroxylation is 1. The molecule has 0 fully saturated rings. The maximum Gasteiger partial charge on any atom is 0.0545 e. The molecule has 3 N–H and O–H groups in total. The lowest BCUT2D eigenvalue weighted by atomic mass is 10.0. The lowest BCUT2D eigenvalue weighted by Crippen LogP contribution is -2.38. The van der Waals surface area contributed by atoms with Gasteiger partial charge in [0.25, 0.3) is 0 Å². The van der Waals surface area contributed by atoms with Gasteiger partial charge in [-0.1, -0.05) is 52.0 Å². The third-order valence-corrected chi connectivity index (χ3v) is 4.00. The van der Waals surface area contributed by atoms with Crippen molar-refractivity contribution in [2.24, 2.45) is 5.92 Å². The number of hydrogen-bond acceptors (Lipinski definition) is 3. The lowest BCUT2D eigenvalue weighted by Gasteiger charge is -2.24. The van der Waals surface area contributed by atoms with Crippen molar-refractivity contribution in [1.29, 1.82) is 0 Å². The van der Waals surface area contributed by atoms with Gasteiger partial charge in [0.2, 0.25) is 0 Å². The zero-order valence-electron chi connectivity index (χ0n) is 15.4. The zero-order valence-corrected chi connectivity index (χ0v) is 15.4. The van der Waals surface area contributed by atoms with Crippen molar-refractivity contribution >= 4 is 5.69 Å². The Kier molecular flexibility index (Phi) is 8.49. The Bertz CT molecular complexity index is 500. The molecule has 0 aliphatic carbocycles. The first-order valence-electron chi connectivity index (χ1n) is 8.62. The third-order valence-electron chi connectivity index (χ3n) is 4.00. The Morgan fingerprint density at radius 1 is 1.22 bits per heavy atom. The molecule has 0 aliphatic heterocycles. The van der Waals surface area contributed by atoms with E-state index < -0.39 is 0 Å². The highest BCUT2D eigenvalue weighted by atomic mass is 15.0. The number of likely N-dealkylation sites (N-methyl/N-ethyl adjacent to an activating group) is 1. The summed E-state index contributed by atoms with van der Waals surface area (Å²) in [6.07, 6.45) is 4.42. The Morgan fingerprint density at radius 3 is 2.35 bits per heavy atom. The van der Waals surface area contributed by atoms with Crippen LogP contribution in [0.15, 0.2) is 48.3 Å². The first-order chi connectivity index (χ1) is 11.0. The minimum Gasteiger partial charge on any atom is -0.382 e. The molecule has 0 spiro atoms. The molecule has 3 nitrogen and oxygen atoms in total. The van der Waals surface area contributed by atoms with Gasteiger partial charge in [0.15, 0.2) is 0 Å². The van der Waals surface area contributed by atoms with E-state index in [9.17, 15) is 0 Å². The number of benzene rings is 1. The van der Waals surface area contributed by atoms with Crippen molar-refractivity contribution in [2.75, 3.05) is 18.9 Å². The molecular formula is C20H33N3. The van der Waals surface area contributed by atoms with Crippen LogP contribution >= 0.6 is 0 Å². The van der Waals surface area contributed by atoms with Crippen molar-refractivity contribution < 1.29 is 0 Å². The second kappa shape index (κ2) is 10.1. The summed E-state index contributed by atoms with van der Waals surface area (Å²) in [5.74, 6) is 0.508. The Morgan fingerprint density at radius 2 is 1.87 bits per heavy atom. The van der Waals surface area contributed by atoms with Gasteiger partial charge in [-0.05, 0) is 44.0 Å². The standard InChI is InChI=1S/C20H33N3/c1-7-9-17-10-12-19(13-11-17)23-18(8-2)14-22-16(5)20(21-6)15(3)4/h8,10-13,15,20-23H,5,7,9,14H2,1-4,6H3/b18-8+. The van der Waals surface area contributed by atoms with Crippen LogP contribution in [0.2, 0.25) is 0 Å². The molecule has 0 saturated heterocycles. The van der Waals surface area contributed by atoms with E-state index in [4.69, 9.17) is 0 Å². The molecule has 0 aromatic heterocycles. The van der Waals surface area contributed by atoms with E-state index in [1.54, 1.807) is 0 Å². The molecule has 0 heterocycles. The molecule has 0 amide bonds. The Balaban J connectivity index is 2.56. The quantitative estimate of drug-likeness (QED) is 0.602. The summed E-state index contributed by atoms with van der Waals surface area (Å²) in [7, 11) is 1.98. The molecule has 0 bridgehead atoms. The maximum atomic E-state index is 4.16. The highest BCUT2D eigenvalue weighted by molar-refractivity contribution is 5.49. The predicted octanol–water partition coefficient (Wildman–Crippen LogP) is 4.30. The van der Waals surface area contributed by atoms with Crippen LogP contribution < -0.4 is 16.0 Å². The van der Waals surface area contributed by atoms with E-state index in [1.165, 1.54) is 12.0 Å². The number of hydrogen-bond donors (Lipinski definition) is 3. The van der Waals surface area contributed by atoms with Crippen molar-refractivity contribution in [3.05, 3.63) is 53.9 Å². The molecule has 1 unspecified atom stereocenters. The fraction of sp³-hybridized carbons (Fsp3) is 0.500. The van der Waals surface area contributed by atoms with Crippen molar-refractivity contribution in [1.82, 2.24) is 10.6 Å². The number of anilines is 1. The van der Waals surface area contributed by atoms with E-state index in [-0.39, 0.29) is 6.04 Å². The molecule has 0 radical (unpaired) electrons. The molecule has 1 aromatic carbocycles. The number of rotatable bonds is 10. The van der Waals surface area contributed by atoms with Crippen LogP contribution in [0.4, 0.5) is 5.69 Å². The van der Waals surface area contributed by atoms with Gasteiger partial charge in [-0.3, -0.25) is 0 Å². The fourth-order valence-electron chi connectivity index (χ4n) is 2.68. The van der Waals surface area contributed by atoms with E-state index in [0.29, 0.717) is 5.92 Å². The van der Waals surface area contributed by atoms with Crippen LogP contribution in [0.5, 0.6) is 0 Å². The second-order valence-electron chi connectivity index (χ2n) is 6.27. The van der Waals surface area contributed by atoms with Gasteiger partial charge in [-0.25, -0.2) is 0 Å². The molecule has 3 heteroatoms. The van der Waals surface area contributed by atoms with Crippen LogP contribution in [0.25, 0.3) is 0 Å². The Labute approximate surface area is 142 Å². The summed E-state index contributed by atoms with van der Waals surface area (Å²) in [6.45, 7) is 13.6. The van der Waals surface area contributed by atoms with Crippen LogP contribution in [-0.4, -0.2) is 19.6 Å². The SMILES string of the molecule is C=C(NC/C(=C\C)Nc1ccc(CCC)cc1)C(NC)C(C)C. The molecule has 1 aromatic rings. The first-order valence-corrected chi connectivity index (χ1v) is 8.62. The van der Waals surface area contributed by atoms with Crippen LogP contribution in [0.3, 0.4) is 0 Å². The molecule has 0 saturated carbocycles. The highest BCUT2D eigenvalue weighted by Gasteiger charge is 2.14. The smallest absolute Gasteiger partial charge is 0.0545 e. The molecule has 23 heavy (non-hydrogen) atoms. The molecule has 1 rings (SSSR count). The third kappa shape index (κ3) is 6.49. The highest BCUT2D eigenvalue weighted by Crippen LogP contribution is 2.14. The summed E-state index contributed by atoms with van der Waals surface area (Å²) < 4.78 is 0. The van der Waals surface area contributed by atoms with E-state index in [2.05, 4.69) is 80.6 Å². The van der Waals surface area contributed by atoms with E-state index >= 15 is 0 Å². The van der Waals surface area contributed by atoms with Gasteiger partial charge in [-0.2, -0.15) is 0 Å². The van der Waals surface area contributed by atoms with Gasteiger partial charge in [0.05, 0.1) is 6.54 Å². The van der Waals surface area contributed by atoms with E-state index in [0.717, 1.165) is 30.0 Å². The average Bonchev–Trinajstić information content (AvgIpc) is 2.53. The minimum atomic E-state index is 0.279. The van der Waals surface area contributed by atoms with Gasteiger partial charge in [-0.15, -0.1) is 0 Å². The first kappa shape index (κ1) is 19.3. The van der Waals surface area contributed by atoms with Gasteiger partial charge in [0.1, 0.15) is 0 Å². The molecule has 128 valence electrons. The van der Waals surface area contributed by atoms with Crippen molar-refractivity contribution in [3.8, 4) is 0 Å². The van der Waals surface area contributed by atoms with Crippen LogP contribution in [0.1, 0.15) is 39.7 Å². The van der Waals surface area contributed by atoms with Gasteiger partial charge in [0, 0.05) is 23.1 Å². The van der Waals surface area contributed by atoms with E-state index in [1.807, 2.05) is 7.05 Å². The summed E-state index contributed by atoms with van der Waals surface area (Å²) in [5.41, 5.74) is 4.69. The minimum absolute atomic E-state index is 0.279. The van der Waals surface area contributed by atoms with Crippen molar-refractivity contribution in [3.63, 3.8) is 0 Å². The summed E-state index contributed by atoms with van der Waals surface area (Å²) in [4.78, 5) is 0. The number of allylic oxidation sites excluding steroid dienone is 1. The van der Waals surface area contributed by atoms with Crippen LogP contribution in [0, 0.1) is 5.92 Å². The largest absolute Gasteiger partial charge is 0.382 e. The predicted molar refractivity (Wildman–Crippen MR) is 103 cm³/mol. The topological polar surface area (TPSA) is 36.1 Å². The zero-order chi connectivity index (χ0) is 17.2. The summed E-state index contributed by atoms with van der Waals surface area (Å²) in [5, 5.41) is 10.2. The Hall–Kier alpha value is -1.74. The average molecular weight is 316 g/mol. The second-order valence-corrected chi connectivity index (χ2v) is 6.27. The molecule has 1 atom stereocenters. The van der Waals surface area contributed by atoms with Gasteiger partial charge < -0.3 is 16.0 Å². The maximum absolute atomic E-state index is 4.16. The fourth-order valence-corrected chi connectivity index (χ4v) is 2.68. The molecule has 0 aliphatic rings. The van der Waals surface area contributed by atoms with Crippen molar-refractivity contribution in [2.45, 2.75) is 46.6 Å². The number of nitrogens with one attached hydrogen (secondary N) is 3. The lowest BCUT2D eigenvalue weighted by molar-refractivity contribution is 0.459.